The van der Waals surface area contributed by atoms with Gasteiger partial charge in [-0.15, -0.1) is 11.3 Å². The van der Waals surface area contributed by atoms with Crippen LogP contribution in [0.4, 0.5) is 4.39 Å². The highest BCUT2D eigenvalue weighted by Crippen LogP contribution is 2.45. The fourth-order valence-corrected chi connectivity index (χ4v) is 6.27. The lowest BCUT2D eigenvalue weighted by molar-refractivity contribution is 0.0721. The van der Waals surface area contributed by atoms with Crippen LogP contribution in [-0.2, 0) is 7.05 Å². The highest BCUT2D eigenvalue weighted by atomic mass is 32.1. The van der Waals surface area contributed by atoms with Crippen LogP contribution in [0, 0.1) is 5.82 Å². The molecule has 1 N–H and O–H groups in total. The Labute approximate surface area is 212 Å². The van der Waals surface area contributed by atoms with Gasteiger partial charge in [0.1, 0.15) is 11.5 Å². The number of aryl methyl sites for hydroxylation is 1. The van der Waals surface area contributed by atoms with Crippen LogP contribution in [0.1, 0.15) is 57.5 Å². The van der Waals surface area contributed by atoms with Gasteiger partial charge in [-0.25, -0.2) is 9.37 Å². The van der Waals surface area contributed by atoms with Gasteiger partial charge in [-0.2, -0.15) is 0 Å². The number of hydrogen-bond acceptors (Lipinski definition) is 4. The minimum absolute atomic E-state index is 0.0939. The molecule has 2 aromatic heterocycles. The first-order valence-corrected chi connectivity index (χ1v) is 13.2. The Morgan fingerprint density at radius 1 is 1.11 bits per heavy atom. The predicted molar refractivity (Wildman–Crippen MR) is 139 cm³/mol. The van der Waals surface area contributed by atoms with Gasteiger partial charge in [0.15, 0.2) is 0 Å². The van der Waals surface area contributed by atoms with E-state index in [-0.39, 0.29) is 23.7 Å². The maximum Gasteiger partial charge on any atom is 0.274 e. The smallest absolute Gasteiger partial charge is 0.274 e. The van der Waals surface area contributed by atoms with Crippen molar-refractivity contribution in [1.29, 1.82) is 0 Å². The number of nitrogens with one attached hydrogen (secondary N) is 1. The van der Waals surface area contributed by atoms with E-state index in [9.17, 15) is 14.0 Å². The van der Waals surface area contributed by atoms with Gasteiger partial charge < -0.3 is 14.8 Å². The van der Waals surface area contributed by atoms with Crippen molar-refractivity contribution in [3.63, 3.8) is 0 Å². The Morgan fingerprint density at radius 2 is 1.92 bits per heavy atom. The summed E-state index contributed by atoms with van der Waals surface area (Å²) in [6.07, 6.45) is 5.84. The van der Waals surface area contributed by atoms with Crippen molar-refractivity contribution in [2.24, 2.45) is 7.05 Å². The standard InChI is InChI=1S/C28H27FN4O2S/c1-32-15-13-21-22(5-2-6-23(21)32)26(34)30-16-20-4-3-14-33(20)28(35)24-25(17-9-11-19(29)12-10-17)36-27(31-24)18-7-8-18/h2,5-6,9-13,15,18,20H,3-4,7-8,14,16H2,1H3,(H,30,34)/t20-/m0/s1. The Kier molecular flexibility index (Phi) is 5.84. The van der Waals surface area contributed by atoms with Crippen LogP contribution in [0.25, 0.3) is 21.3 Å². The summed E-state index contributed by atoms with van der Waals surface area (Å²) in [6, 6.07) is 13.8. The maximum atomic E-state index is 13.7. The molecule has 0 spiro atoms. The van der Waals surface area contributed by atoms with Gasteiger partial charge in [-0.1, -0.05) is 18.2 Å². The molecule has 4 aromatic rings. The molecule has 2 amide bonds. The summed E-state index contributed by atoms with van der Waals surface area (Å²) in [5, 5.41) is 4.96. The molecule has 1 aliphatic carbocycles. The van der Waals surface area contributed by atoms with Crippen LogP contribution in [0.3, 0.4) is 0 Å². The lowest BCUT2D eigenvalue weighted by Crippen LogP contribution is -2.43. The number of rotatable bonds is 6. The third-order valence-electron chi connectivity index (χ3n) is 7.19. The molecule has 36 heavy (non-hydrogen) atoms. The minimum atomic E-state index is -0.305. The van der Waals surface area contributed by atoms with Gasteiger partial charge in [-0.3, -0.25) is 9.59 Å². The van der Waals surface area contributed by atoms with Crippen LogP contribution >= 0.6 is 11.3 Å². The summed E-state index contributed by atoms with van der Waals surface area (Å²) < 4.78 is 15.5. The van der Waals surface area contributed by atoms with Crippen molar-refractivity contribution in [1.82, 2.24) is 19.8 Å². The van der Waals surface area contributed by atoms with Crippen LogP contribution in [0.15, 0.2) is 54.7 Å². The van der Waals surface area contributed by atoms with Crippen molar-refractivity contribution < 1.29 is 14.0 Å². The Morgan fingerprint density at radius 3 is 2.69 bits per heavy atom. The quantitative estimate of drug-likeness (QED) is 0.386. The number of carbonyl (C=O) groups excluding carboxylic acids is 2. The maximum absolute atomic E-state index is 13.7. The zero-order chi connectivity index (χ0) is 24.8. The minimum Gasteiger partial charge on any atom is -0.351 e. The number of amides is 2. The first-order chi connectivity index (χ1) is 17.5. The fourth-order valence-electron chi connectivity index (χ4n) is 5.04. The van der Waals surface area contributed by atoms with Crippen molar-refractivity contribution in [3.8, 4) is 10.4 Å². The number of benzene rings is 2. The van der Waals surface area contributed by atoms with E-state index in [1.807, 2.05) is 47.0 Å². The number of aromatic nitrogens is 2. The number of fused-ring (bicyclic) bond motifs is 1. The second kappa shape index (κ2) is 9.17. The van der Waals surface area contributed by atoms with E-state index in [0.29, 0.717) is 30.3 Å². The summed E-state index contributed by atoms with van der Waals surface area (Å²) in [4.78, 5) is 34.2. The van der Waals surface area contributed by atoms with Gasteiger partial charge in [0.05, 0.1) is 9.88 Å². The van der Waals surface area contributed by atoms with Crippen LogP contribution in [-0.4, -0.2) is 45.4 Å². The molecule has 184 valence electrons. The summed E-state index contributed by atoms with van der Waals surface area (Å²) in [5.74, 6) is -0.132. The van der Waals surface area contributed by atoms with Gasteiger partial charge in [0, 0.05) is 54.8 Å². The van der Waals surface area contributed by atoms with Gasteiger partial charge in [0.25, 0.3) is 11.8 Å². The highest BCUT2D eigenvalue weighted by Gasteiger charge is 2.35. The summed E-state index contributed by atoms with van der Waals surface area (Å²) in [6.45, 7) is 1.02. The van der Waals surface area contributed by atoms with E-state index < -0.39 is 0 Å². The second-order valence-electron chi connectivity index (χ2n) is 9.68. The topological polar surface area (TPSA) is 67.2 Å². The average Bonchev–Trinajstić information content (AvgIpc) is 3.29. The monoisotopic (exact) mass is 502 g/mol. The molecular weight excluding hydrogens is 475 g/mol. The molecule has 1 saturated heterocycles. The fraction of sp³-hybridized carbons (Fsp3) is 0.321. The summed E-state index contributed by atoms with van der Waals surface area (Å²) in [7, 11) is 1.96. The van der Waals surface area contributed by atoms with E-state index in [4.69, 9.17) is 4.98 Å². The van der Waals surface area contributed by atoms with E-state index in [0.717, 1.165) is 52.0 Å². The Balaban J connectivity index is 1.22. The zero-order valence-corrected chi connectivity index (χ0v) is 20.9. The molecule has 2 aromatic carbocycles. The molecule has 2 fully saturated rings. The summed E-state index contributed by atoms with van der Waals surface area (Å²) in [5.41, 5.74) is 2.89. The average molecular weight is 503 g/mol. The first kappa shape index (κ1) is 22.9. The molecule has 2 aliphatic rings. The molecule has 3 heterocycles. The first-order valence-electron chi connectivity index (χ1n) is 12.4. The second-order valence-corrected chi connectivity index (χ2v) is 10.7. The van der Waals surface area contributed by atoms with Crippen molar-refractivity contribution >= 4 is 34.1 Å². The number of carbonyl (C=O) groups is 2. The van der Waals surface area contributed by atoms with E-state index in [1.165, 1.54) is 12.1 Å². The summed E-state index contributed by atoms with van der Waals surface area (Å²) >= 11 is 1.54. The third kappa shape index (κ3) is 4.19. The van der Waals surface area contributed by atoms with Gasteiger partial charge in [-0.05, 0) is 61.6 Å². The molecule has 0 radical (unpaired) electrons. The van der Waals surface area contributed by atoms with Crippen molar-refractivity contribution in [3.05, 3.63) is 76.8 Å². The van der Waals surface area contributed by atoms with Crippen LogP contribution in [0.2, 0.25) is 0 Å². The van der Waals surface area contributed by atoms with E-state index in [1.54, 1.807) is 23.5 Å². The largest absolute Gasteiger partial charge is 0.351 e. The van der Waals surface area contributed by atoms with Crippen LogP contribution < -0.4 is 5.32 Å². The molecule has 0 bridgehead atoms. The molecule has 1 aliphatic heterocycles. The molecular formula is C28H27FN4O2S. The SMILES string of the molecule is Cn1ccc2c(C(=O)NC[C@@H]3CCCN3C(=O)c3nc(C4CC4)sc3-c3ccc(F)cc3)cccc21. The lowest BCUT2D eigenvalue weighted by Gasteiger charge is -2.25. The van der Waals surface area contributed by atoms with Crippen LogP contribution in [0.5, 0.6) is 0 Å². The molecule has 1 atom stereocenters. The highest BCUT2D eigenvalue weighted by molar-refractivity contribution is 7.15. The number of halogens is 1. The Bertz CT molecular complexity index is 1450. The van der Waals surface area contributed by atoms with Crippen molar-refractivity contribution in [2.45, 2.75) is 37.6 Å². The number of hydrogen-bond donors (Lipinski definition) is 1. The lowest BCUT2D eigenvalue weighted by atomic mass is 10.1. The number of nitrogens with zero attached hydrogens (tertiary/aromatic N) is 3. The van der Waals surface area contributed by atoms with E-state index in [2.05, 4.69) is 5.32 Å². The van der Waals surface area contributed by atoms with E-state index >= 15 is 0 Å². The predicted octanol–water partition coefficient (Wildman–Crippen LogP) is 5.35. The molecule has 8 heteroatoms. The van der Waals surface area contributed by atoms with Gasteiger partial charge in [0.2, 0.25) is 0 Å². The third-order valence-corrected chi connectivity index (χ3v) is 8.45. The number of thiazole rings is 1. The molecule has 6 nitrogen and oxygen atoms in total. The zero-order valence-electron chi connectivity index (χ0n) is 20.0. The Hall–Kier alpha value is -3.52. The molecule has 1 saturated carbocycles. The normalized spacial score (nSPS) is 17.6. The molecule has 6 rings (SSSR count). The number of likely N-dealkylation sites (tertiary alicyclic amines) is 1. The molecule has 0 unspecified atom stereocenters. The van der Waals surface area contributed by atoms with Gasteiger partial charge >= 0.3 is 0 Å². The van der Waals surface area contributed by atoms with Crippen molar-refractivity contribution in [2.75, 3.05) is 13.1 Å².